The standard InChI is InChI=1S/C38H45F3N8O4/c1-48(20-37(21-52-2)10-4-3-5-11-37)30-16-28(23-12-27(22-6-7-22)44-31(13-23)38(39,40)41)45-36-34(30)46-35(47-36)29-17-43-32(18-42-29)49-24-8-9-25(49)15-26(14-24)53-19-33(50)51/h12-13,16-18,22,24-26H,3-11,14-15,19-21H2,1-2H3,(H,50,51)(H,45,46,47)/t24-,25+,26+. The van der Waals surface area contributed by atoms with E-state index in [0.29, 0.717) is 52.8 Å². The maximum atomic E-state index is 14.1. The molecular formula is C38H45F3N8O4. The first kappa shape index (κ1) is 35.6. The number of alkyl halides is 3. The summed E-state index contributed by atoms with van der Waals surface area (Å²) in [5.74, 6) is 0.255. The third kappa shape index (κ3) is 7.42. The Morgan fingerprint density at radius 1 is 1.00 bits per heavy atom. The smallest absolute Gasteiger partial charge is 0.433 e. The second-order valence-corrected chi connectivity index (χ2v) is 15.4. The quantitative estimate of drug-likeness (QED) is 0.155. The van der Waals surface area contributed by atoms with Crippen molar-refractivity contribution in [3.63, 3.8) is 0 Å². The lowest BCUT2D eigenvalue weighted by Crippen LogP contribution is -2.46. The lowest BCUT2D eigenvalue weighted by Gasteiger charge is -2.40. The zero-order valence-corrected chi connectivity index (χ0v) is 30.0. The zero-order valence-electron chi connectivity index (χ0n) is 30.0. The van der Waals surface area contributed by atoms with Crippen molar-refractivity contribution in [2.24, 2.45) is 5.41 Å². The van der Waals surface area contributed by atoms with Crippen molar-refractivity contribution in [1.82, 2.24) is 29.9 Å². The molecule has 8 rings (SSSR count). The molecule has 4 fully saturated rings. The van der Waals surface area contributed by atoms with Gasteiger partial charge in [0, 0.05) is 55.4 Å². The van der Waals surface area contributed by atoms with E-state index in [1.54, 1.807) is 25.6 Å². The molecular weight excluding hydrogens is 689 g/mol. The topological polar surface area (TPSA) is 142 Å². The van der Waals surface area contributed by atoms with E-state index in [2.05, 4.69) is 19.8 Å². The van der Waals surface area contributed by atoms with Gasteiger partial charge >= 0.3 is 12.1 Å². The summed E-state index contributed by atoms with van der Waals surface area (Å²) in [5.41, 5.74) is 2.53. The van der Waals surface area contributed by atoms with Crippen LogP contribution in [0.15, 0.2) is 30.6 Å². The highest BCUT2D eigenvalue weighted by molar-refractivity contribution is 5.91. The fraction of sp³-hybridized carbons (Fsp3) is 0.579. The molecule has 0 spiro atoms. The van der Waals surface area contributed by atoms with Crippen LogP contribution in [0.1, 0.15) is 87.9 Å². The van der Waals surface area contributed by atoms with Gasteiger partial charge in [-0.3, -0.25) is 0 Å². The maximum absolute atomic E-state index is 14.1. The van der Waals surface area contributed by atoms with Gasteiger partial charge in [-0.05, 0) is 69.6 Å². The number of carboxylic acids is 1. The highest BCUT2D eigenvalue weighted by Gasteiger charge is 2.42. The average Bonchev–Trinajstić information content (AvgIpc) is 3.85. The third-order valence-corrected chi connectivity index (χ3v) is 11.5. The van der Waals surface area contributed by atoms with Crippen LogP contribution in [0.25, 0.3) is 33.9 Å². The van der Waals surface area contributed by atoms with E-state index in [0.717, 1.165) is 81.8 Å². The SMILES string of the molecule is COCC1(CN(C)c2cc(-c3cc(C4CC4)nc(C(F)(F)F)c3)nc3nc(-c4cnc(N5[C@@H]6CC[C@H]5C[C@@H](OCC(=O)O)C6)cn4)[nH]c23)CCCCC1. The highest BCUT2D eigenvalue weighted by atomic mass is 19.4. The Balaban J connectivity index is 1.14. The van der Waals surface area contributed by atoms with Gasteiger partial charge in [0.15, 0.2) is 11.5 Å². The molecule has 2 aliphatic carbocycles. The van der Waals surface area contributed by atoms with Crippen LogP contribution in [0.2, 0.25) is 0 Å². The summed E-state index contributed by atoms with van der Waals surface area (Å²) < 4.78 is 53.6. The number of H-pyrrole nitrogens is 1. The molecule has 15 heteroatoms. The molecule has 0 amide bonds. The molecule has 53 heavy (non-hydrogen) atoms. The van der Waals surface area contributed by atoms with Gasteiger partial charge in [-0.15, -0.1) is 0 Å². The number of nitrogens with one attached hydrogen (secondary N) is 1. The summed E-state index contributed by atoms with van der Waals surface area (Å²) >= 11 is 0. The van der Waals surface area contributed by atoms with Crippen molar-refractivity contribution < 1.29 is 32.5 Å². The summed E-state index contributed by atoms with van der Waals surface area (Å²) in [4.78, 5) is 42.1. The Morgan fingerprint density at radius 2 is 1.75 bits per heavy atom. The van der Waals surface area contributed by atoms with Gasteiger partial charge in [-0.2, -0.15) is 13.2 Å². The number of rotatable bonds is 12. The van der Waals surface area contributed by atoms with Crippen LogP contribution in [0, 0.1) is 5.41 Å². The van der Waals surface area contributed by atoms with Crippen molar-refractivity contribution in [3.8, 4) is 22.8 Å². The molecule has 2 aliphatic heterocycles. The number of anilines is 2. The summed E-state index contributed by atoms with van der Waals surface area (Å²) in [5, 5.41) is 9.05. The molecule has 4 aliphatic rings. The number of carboxylic acid groups (broad SMARTS) is 1. The fourth-order valence-corrected chi connectivity index (χ4v) is 8.92. The molecule has 0 aromatic carbocycles. The van der Waals surface area contributed by atoms with Gasteiger partial charge in [-0.1, -0.05) is 19.3 Å². The number of piperidine rings is 1. The third-order valence-electron chi connectivity index (χ3n) is 11.5. The van der Waals surface area contributed by atoms with Crippen LogP contribution < -0.4 is 9.80 Å². The number of hydrogen-bond donors (Lipinski definition) is 2. The van der Waals surface area contributed by atoms with Crippen LogP contribution in [0.3, 0.4) is 0 Å². The van der Waals surface area contributed by atoms with Crippen LogP contribution in [0.4, 0.5) is 24.7 Å². The fourth-order valence-electron chi connectivity index (χ4n) is 8.92. The number of hydrogen-bond acceptors (Lipinski definition) is 10. The molecule has 282 valence electrons. The molecule has 0 radical (unpaired) electrons. The van der Waals surface area contributed by atoms with Gasteiger partial charge in [0.25, 0.3) is 0 Å². The van der Waals surface area contributed by atoms with Crippen molar-refractivity contribution in [1.29, 1.82) is 0 Å². The van der Waals surface area contributed by atoms with Crippen molar-refractivity contribution in [2.75, 3.05) is 43.7 Å². The number of methoxy groups -OCH3 is 1. The normalized spacial score (nSPS) is 22.7. The number of ether oxygens (including phenoxy) is 2. The number of aromatic amines is 1. The molecule has 6 heterocycles. The minimum Gasteiger partial charge on any atom is -0.480 e. The minimum atomic E-state index is -4.59. The number of imidazole rings is 1. The highest BCUT2D eigenvalue weighted by Crippen LogP contribution is 2.44. The minimum absolute atomic E-state index is 0.0208. The van der Waals surface area contributed by atoms with E-state index in [1.807, 2.05) is 13.1 Å². The zero-order chi connectivity index (χ0) is 36.9. The van der Waals surface area contributed by atoms with Gasteiger partial charge < -0.3 is 29.4 Å². The summed E-state index contributed by atoms with van der Waals surface area (Å²) in [6.07, 6.45) is 9.28. The molecule has 2 N–H and O–H groups in total. The van der Waals surface area contributed by atoms with E-state index in [-0.39, 0.29) is 36.1 Å². The Hall–Kier alpha value is -4.37. The second kappa shape index (κ2) is 14.1. The average molecular weight is 735 g/mol. The first-order valence-corrected chi connectivity index (χ1v) is 18.6. The van der Waals surface area contributed by atoms with Crippen LogP contribution >= 0.6 is 0 Å². The lowest BCUT2D eigenvalue weighted by atomic mass is 9.74. The van der Waals surface area contributed by atoms with Gasteiger partial charge in [0.05, 0.1) is 36.5 Å². The number of pyridine rings is 2. The first-order chi connectivity index (χ1) is 25.5. The molecule has 0 unspecified atom stereocenters. The largest absolute Gasteiger partial charge is 0.480 e. The molecule has 2 saturated carbocycles. The van der Waals surface area contributed by atoms with Crippen LogP contribution in [-0.2, 0) is 20.4 Å². The molecule has 4 aromatic rings. The maximum Gasteiger partial charge on any atom is 0.433 e. The molecule has 3 atom stereocenters. The monoisotopic (exact) mass is 734 g/mol. The van der Waals surface area contributed by atoms with Crippen LogP contribution in [0.5, 0.6) is 0 Å². The van der Waals surface area contributed by atoms with Gasteiger partial charge in [0.2, 0.25) is 0 Å². The van der Waals surface area contributed by atoms with Gasteiger partial charge in [0.1, 0.15) is 29.3 Å². The first-order valence-electron chi connectivity index (χ1n) is 18.6. The molecule has 2 bridgehead atoms. The molecule has 12 nitrogen and oxygen atoms in total. The van der Waals surface area contributed by atoms with E-state index in [1.165, 1.54) is 6.42 Å². The Kier molecular flexibility index (Phi) is 9.50. The number of aliphatic carboxylic acids is 1. The van der Waals surface area contributed by atoms with Crippen molar-refractivity contribution in [2.45, 2.75) is 101 Å². The predicted molar refractivity (Wildman–Crippen MR) is 192 cm³/mol. The van der Waals surface area contributed by atoms with E-state index in [9.17, 15) is 18.0 Å². The molecule has 4 aromatic heterocycles. The predicted octanol–water partition coefficient (Wildman–Crippen LogP) is 7.01. The summed E-state index contributed by atoms with van der Waals surface area (Å²) in [7, 11) is 3.74. The lowest BCUT2D eigenvalue weighted by molar-refractivity contribution is -0.145. The molecule has 2 saturated heterocycles. The number of aromatic nitrogens is 6. The number of carbonyl (C=O) groups is 1. The van der Waals surface area contributed by atoms with E-state index >= 15 is 0 Å². The second-order valence-electron chi connectivity index (χ2n) is 15.4. The van der Waals surface area contributed by atoms with Crippen molar-refractivity contribution in [3.05, 3.63) is 42.0 Å². The summed E-state index contributed by atoms with van der Waals surface area (Å²) in [6.45, 7) is 1.02. The van der Waals surface area contributed by atoms with Crippen LogP contribution in [-0.4, -0.2) is 93.1 Å². The number of nitrogens with zero attached hydrogens (tertiary/aromatic N) is 7. The van der Waals surface area contributed by atoms with Crippen molar-refractivity contribution >= 4 is 28.6 Å². The van der Waals surface area contributed by atoms with E-state index in [4.69, 9.17) is 34.5 Å². The Labute approximate surface area is 305 Å². The van der Waals surface area contributed by atoms with E-state index < -0.39 is 17.8 Å². The number of fused-ring (bicyclic) bond motifs is 3. The summed E-state index contributed by atoms with van der Waals surface area (Å²) in [6, 6.07) is 5.07. The Bertz CT molecular complexity index is 1940. The Morgan fingerprint density at radius 3 is 2.40 bits per heavy atom. The van der Waals surface area contributed by atoms with Gasteiger partial charge in [-0.25, -0.2) is 29.7 Å². The number of halogens is 3.